The van der Waals surface area contributed by atoms with Gasteiger partial charge in [0.2, 0.25) is 0 Å². The molecule has 0 radical (unpaired) electrons. The number of nitrogens with two attached hydrogens (primary N) is 1. The Kier molecular flexibility index (Phi) is 4.21. The van der Waals surface area contributed by atoms with Crippen LogP contribution in [0.15, 0.2) is 16.5 Å². The smallest absolute Gasteiger partial charge is 0.414 e. The Bertz CT molecular complexity index is 360. The maximum absolute atomic E-state index is 12.4. The Morgan fingerprint density at radius 3 is 2.24 bits per heavy atom. The van der Waals surface area contributed by atoms with Crippen molar-refractivity contribution in [1.82, 2.24) is 0 Å². The molecule has 1 heterocycles. The Balaban J connectivity index is 2.81. The Labute approximate surface area is 97.7 Å². The van der Waals surface area contributed by atoms with Crippen LogP contribution in [-0.2, 0) is 4.74 Å². The summed E-state index contributed by atoms with van der Waals surface area (Å²) in [5.74, 6) is 0.919. The summed E-state index contributed by atoms with van der Waals surface area (Å²) in [7, 11) is 0. The van der Waals surface area contributed by atoms with Gasteiger partial charge >= 0.3 is 6.18 Å². The SMILES string of the molecule is Cc1ccc(C(OC(C)C(F)(F)F)C(C)N)o1. The zero-order valence-electron chi connectivity index (χ0n) is 9.91. The molecule has 0 amide bonds. The highest BCUT2D eigenvalue weighted by Crippen LogP contribution is 2.30. The number of aryl methyl sites for hydroxylation is 1. The summed E-state index contributed by atoms with van der Waals surface area (Å²) in [5.41, 5.74) is 5.62. The van der Waals surface area contributed by atoms with Gasteiger partial charge in [-0.3, -0.25) is 0 Å². The fraction of sp³-hybridized carbons (Fsp3) is 0.636. The highest BCUT2D eigenvalue weighted by molar-refractivity contribution is 5.10. The highest BCUT2D eigenvalue weighted by atomic mass is 19.4. The molecule has 3 unspecified atom stereocenters. The largest absolute Gasteiger partial charge is 0.464 e. The maximum atomic E-state index is 12.4. The van der Waals surface area contributed by atoms with Crippen molar-refractivity contribution in [2.45, 2.75) is 45.2 Å². The van der Waals surface area contributed by atoms with Gasteiger partial charge in [-0.1, -0.05) is 0 Å². The van der Waals surface area contributed by atoms with E-state index in [2.05, 4.69) is 0 Å². The van der Waals surface area contributed by atoms with E-state index in [1.54, 1.807) is 26.0 Å². The van der Waals surface area contributed by atoms with Crippen LogP contribution >= 0.6 is 0 Å². The molecule has 3 nitrogen and oxygen atoms in total. The number of furan rings is 1. The first kappa shape index (κ1) is 14.1. The summed E-state index contributed by atoms with van der Waals surface area (Å²) in [4.78, 5) is 0. The molecule has 3 atom stereocenters. The Morgan fingerprint density at radius 1 is 1.29 bits per heavy atom. The highest BCUT2D eigenvalue weighted by Gasteiger charge is 2.39. The van der Waals surface area contributed by atoms with Crippen LogP contribution in [0.3, 0.4) is 0 Å². The summed E-state index contributed by atoms with van der Waals surface area (Å²) >= 11 is 0. The quantitative estimate of drug-likeness (QED) is 0.895. The fourth-order valence-corrected chi connectivity index (χ4v) is 1.35. The predicted octanol–water partition coefficient (Wildman–Crippen LogP) is 2.94. The van der Waals surface area contributed by atoms with Crippen molar-refractivity contribution in [3.63, 3.8) is 0 Å². The molecule has 17 heavy (non-hydrogen) atoms. The van der Waals surface area contributed by atoms with E-state index in [0.29, 0.717) is 11.5 Å². The minimum absolute atomic E-state index is 0.314. The van der Waals surface area contributed by atoms with Crippen molar-refractivity contribution in [2.24, 2.45) is 5.73 Å². The zero-order chi connectivity index (χ0) is 13.2. The second-order valence-electron chi connectivity index (χ2n) is 4.05. The van der Waals surface area contributed by atoms with Gasteiger partial charge in [-0.25, -0.2) is 0 Å². The Hall–Kier alpha value is -1.01. The number of alkyl halides is 3. The first-order chi connectivity index (χ1) is 7.71. The molecule has 1 aromatic heterocycles. The van der Waals surface area contributed by atoms with Crippen molar-refractivity contribution >= 4 is 0 Å². The number of ether oxygens (including phenoxy) is 1. The molecular formula is C11H16F3NO2. The third-order valence-electron chi connectivity index (χ3n) is 2.33. The van der Waals surface area contributed by atoms with Crippen molar-refractivity contribution in [3.05, 3.63) is 23.7 Å². The lowest BCUT2D eigenvalue weighted by molar-refractivity contribution is -0.231. The molecule has 1 aromatic rings. The van der Waals surface area contributed by atoms with E-state index in [1.165, 1.54) is 0 Å². The van der Waals surface area contributed by atoms with Crippen LogP contribution in [0.2, 0.25) is 0 Å². The lowest BCUT2D eigenvalue weighted by atomic mass is 10.1. The molecule has 0 spiro atoms. The van der Waals surface area contributed by atoms with E-state index in [0.717, 1.165) is 6.92 Å². The molecule has 98 valence electrons. The topological polar surface area (TPSA) is 48.4 Å². The third-order valence-corrected chi connectivity index (χ3v) is 2.33. The van der Waals surface area contributed by atoms with Crippen LogP contribution in [0.25, 0.3) is 0 Å². The molecule has 0 bridgehead atoms. The van der Waals surface area contributed by atoms with E-state index in [4.69, 9.17) is 14.9 Å². The molecule has 0 aliphatic heterocycles. The van der Waals surface area contributed by atoms with Crippen LogP contribution in [-0.4, -0.2) is 18.3 Å². The minimum Gasteiger partial charge on any atom is -0.464 e. The van der Waals surface area contributed by atoms with E-state index in [9.17, 15) is 13.2 Å². The molecule has 0 aromatic carbocycles. The zero-order valence-corrected chi connectivity index (χ0v) is 9.91. The first-order valence-electron chi connectivity index (χ1n) is 5.26. The van der Waals surface area contributed by atoms with E-state index in [-0.39, 0.29) is 0 Å². The molecule has 0 saturated heterocycles. The lowest BCUT2D eigenvalue weighted by Gasteiger charge is -2.25. The summed E-state index contributed by atoms with van der Waals surface area (Å²) < 4.78 is 47.4. The normalized spacial score (nSPS) is 17.8. The van der Waals surface area contributed by atoms with Crippen molar-refractivity contribution in [1.29, 1.82) is 0 Å². The van der Waals surface area contributed by atoms with E-state index < -0.39 is 24.4 Å². The standard InChI is InChI=1S/C11H16F3NO2/c1-6-4-5-9(16-6)10(7(2)15)17-8(3)11(12,13)14/h4-5,7-8,10H,15H2,1-3H3. The molecule has 0 saturated carbocycles. The van der Waals surface area contributed by atoms with Gasteiger partial charge in [-0.15, -0.1) is 0 Å². The van der Waals surface area contributed by atoms with Gasteiger partial charge in [0.15, 0.2) is 6.10 Å². The molecule has 0 aliphatic carbocycles. The van der Waals surface area contributed by atoms with Gasteiger partial charge in [-0.05, 0) is 32.9 Å². The average molecular weight is 251 g/mol. The Morgan fingerprint density at radius 2 is 1.88 bits per heavy atom. The molecule has 0 aliphatic rings. The van der Waals surface area contributed by atoms with Gasteiger partial charge in [0.05, 0.1) is 0 Å². The van der Waals surface area contributed by atoms with Crippen LogP contribution < -0.4 is 5.73 Å². The number of halogens is 3. The lowest BCUT2D eigenvalue weighted by Crippen LogP contribution is -2.35. The van der Waals surface area contributed by atoms with Gasteiger partial charge in [0.1, 0.15) is 17.6 Å². The number of hydrogen-bond acceptors (Lipinski definition) is 3. The van der Waals surface area contributed by atoms with Crippen LogP contribution in [0.5, 0.6) is 0 Å². The first-order valence-corrected chi connectivity index (χ1v) is 5.26. The average Bonchev–Trinajstić information content (AvgIpc) is 2.58. The van der Waals surface area contributed by atoms with Gasteiger partial charge in [0.25, 0.3) is 0 Å². The van der Waals surface area contributed by atoms with Gasteiger partial charge < -0.3 is 14.9 Å². The maximum Gasteiger partial charge on any atom is 0.414 e. The van der Waals surface area contributed by atoms with Crippen molar-refractivity contribution < 1.29 is 22.3 Å². The molecular weight excluding hydrogens is 235 g/mol. The second-order valence-corrected chi connectivity index (χ2v) is 4.05. The molecule has 6 heteroatoms. The number of rotatable bonds is 4. The van der Waals surface area contributed by atoms with E-state index in [1.807, 2.05) is 0 Å². The minimum atomic E-state index is -4.41. The van der Waals surface area contributed by atoms with Crippen LogP contribution in [0.1, 0.15) is 31.5 Å². The van der Waals surface area contributed by atoms with Crippen molar-refractivity contribution in [2.75, 3.05) is 0 Å². The second kappa shape index (κ2) is 5.10. The summed E-state index contributed by atoms with van der Waals surface area (Å²) in [6.07, 6.45) is -7.20. The summed E-state index contributed by atoms with van der Waals surface area (Å²) in [6, 6.07) is 2.64. The van der Waals surface area contributed by atoms with Crippen LogP contribution in [0, 0.1) is 6.92 Å². The predicted molar refractivity (Wildman–Crippen MR) is 56.4 cm³/mol. The molecule has 2 N–H and O–H groups in total. The van der Waals surface area contributed by atoms with Gasteiger partial charge in [0, 0.05) is 6.04 Å². The monoisotopic (exact) mass is 251 g/mol. The molecule has 0 fully saturated rings. The molecule has 1 rings (SSSR count). The fourth-order valence-electron chi connectivity index (χ4n) is 1.35. The van der Waals surface area contributed by atoms with Crippen LogP contribution in [0.4, 0.5) is 13.2 Å². The third kappa shape index (κ3) is 3.74. The van der Waals surface area contributed by atoms with E-state index >= 15 is 0 Å². The van der Waals surface area contributed by atoms with Gasteiger partial charge in [-0.2, -0.15) is 13.2 Å². The number of hydrogen-bond donors (Lipinski definition) is 1. The summed E-state index contributed by atoms with van der Waals surface area (Å²) in [5, 5.41) is 0. The summed E-state index contributed by atoms with van der Waals surface area (Å²) in [6.45, 7) is 4.23. The van der Waals surface area contributed by atoms with Crippen molar-refractivity contribution in [3.8, 4) is 0 Å².